The molecule has 1 fully saturated rings. The fraction of sp³-hybridized carbons (Fsp3) is 0.625. The monoisotopic (exact) mass is 231 g/mol. The van der Waals surface area contributed by atoms with Crippen molar-refractivity contribution in [2.24, 2.45) is 5.41 Å². The predicted molar refractivity (Wildman–Crippen MR) is 74.2 cm³/mol. The fourth-order valence-corrected chi connectivity index (χ4v) is 2.86. The Kier molecular flexibility index (Phi) is 4.61. The summed E-state index contributed by atoms with van der Waals surface area (Å²) in [6.45, 7) is 4.80. The van der Waals surface area contributed by atoms with Crippen molar-refractivity contribution < 1.29 is 0 Å². The van der Waals surface area contributed by atoms with E-state index in [9.17, 15) is 0 Å². The molecule has 17 heavy (non-hydrogen) atoms. The number of rotatable bonds is 6. The van der Waals surface area contributed by atoms with Crippen LogP contribution in [-0.4, -0.2) is 13.1 Å². The summed E-state index contributed by atoms with van der Waals surface area (Å²) >= 11 is 0. The summed E-state index contributed by atoms with van der Waals surface area (Å²) in [6.07, 6.45) is 8.15. The molecular weight excluding hydrogens is 206 g/mol. The van der Waals surface area contributed by atoms with Crippen LogP contribution in [0.4, 0.5) is 0 Å². The minimum atomic E-state index is 0.590. The third kappa shape index (κ3) is 4.16. The zero-order valence-corrected chi connectivity index (χ0v) is 11.0. The van der Waals surface area contributed by atoms with Crippen molar-refractivity contribution in [2.75, 3.05) is 13.1 Å². The Morgan fingerprint density at radius 1 is 1.12 bits per heavy atom. The lowest BCUT2D eigenvalue weighted by atomic mass is 9.89. The minimum Gasteiger partial charge on any atom is -0.316 e. The number of nitrogens with one attached hydrogen (secondary N) is 1. The van der Waals surface area contributed by atoms with Gasteiger partial charge in [-0.1, -0.05) is 50.1 Å². The summed E-state index contributed by atoms with van der Waals surface area (Å²) in [4.78, 5) is 0. The van der Waals surface area contributed by atoms with E-state index in [0.29, 0.717) is 5.41 Å². The van der Waals surface area contributed by atoms with E-state index in [4.69, 9.17) is 0 Å². The van der Waals surface area contributed by atoms with Crippen LogP contribution in [0.2, 0.25) is 0 Å². The standard InChI is InChI=1S/C16H25N/c1-16(11-5-6-12-16)14-17-13-7-10-15-8-3-2-4-9-15/h2-4,8-9,17H,5-7,10-14H2,1H3. The number of aryl methyl sites for hydroxylation is 1. The molecule has 0 saturated heterocycles. The summed E-state index contributed by atoms with van der Waals surface area (Å²) in [7, 11) is 0. The van der Waals surface area contributed by atoms with E-state index in [2.05, 4.69) is 42.6 Å². The van der Waals surface area contributed by atoms with Gasteiger partial charge in [0.15, 0.2) is 0 Å². The van der Waals surface area contributed by atoms with Gasteiger partial charge in [0.05, 0.1) is 0 Å². The van der Waals surface area contributed by atoms with Crippen LogP contribution >= 0.6 is 0 Å². The van der Waals surface area contributed by atoms with Gasteiger partial charge < -0.3 is 5.32 Å². The van der Waals surface area contributed by atoms with Gasteiger partial charge in [-0.05, 0) is 43.2 Å². The lowest BCUT2D eigenvalue weighted by Gasteiger charge is -2.23. The van der Waals surface area contributed by atoms with Crippen molar-refractivity contribution in [1.29, 1.82) is 0 Å². The molecule has 1 N–H and O–H groups in total. The molecule has 0 aliphatic heterocycles. The average molecular weight is 231 g/mol. The lowest BCUT2D eigenvalue weighted by molar-refractivity contribution is 0.315. The second-order valence-electron chi connectivity index (χ2n) is 5.78. The predicted octanol–water partition coefficient (Wildman–Crippen LogP) is 3.79. The molecule has 0 atom stereocenters. The van der Waals surface area contributed by atoms with Crippen LogP contribution in [0.15, 0.2) is 30.3 Å². The van der Waals surface area contributed by atoms with Crippen LogP contribution in [0.3, 0.4) is 0 Å². The second-order valence-corrected chi connectivity index (χ2v) is 5.78. The van der Waals surface area contributed by atoms with Crippen molar-refractivity contribution in [3.8, 4) is 0 Å². The fourth-order valence-electron chi connectivity index (χ4n) is 2.86. The number of hydrogen-bond acceptors (Lipinski definition) is 1. The largest absolute Gasteiger partial charge is 0.316 e. The Hall–Kier alpha value is -0.820. The van der Waals surface area contributed by atoms with E-state index >= 15 is 0 Å². The van der Waals surface area contributed by atoms with Gasteiger partial charge in [0.1, 0.15) is 0 Å². The first-order chi connectivity index (χ1) is 8.29. The van der Waals surface area contributed by atoms with Gasteiger partial charge >= 0.3 is 0 Å². The van der Waals surface area contributed by atoms with E-state index < -0.39 is 0 Å². The van der Waals surface area contributed by atoms with E-state index in [-0.39, 0.29) is 0 Å². The molecular formula is C16H25N. The molecule has 0 bridgehead atoms. The van der Waals surface area contributed by atoms with Gasteiger partial charge in [0.2, 0.25) is 0 Å². The van der Waals surface area contributed by atoms with Crippen molar-refractivity contribution in [1.82, 2.24) is 5.32 Å². The Balaban J connectivity index is 1.58. The summed E-state index contributed by atoms with van der Waals surface area (Å²) in [5.41, 5.74) is 2.05. The molecule has 1 nitrogen and oxygen atoms in total. The van der Waals surface area contributed by atoms with Gasteiger partial charge in [-0.25, -0.2) is 0 Å². The van der Waals surface area contributed by atoms with Gasteiger partial charge in [-0.2, -0.15) is 0 Å². The van der Waals surface area contributed by atoms with E-state index in [1.807, 2.05) is 0 Å². The molecule has 0 radical (unpaired) electrons. The Bertz CT molecular complexity index is 312. The maximum Gasteiger partial charge on any atom is 0.000516 e. The molecule has 1 saturated carbocycles. The Morgan fingerprint density at radius 3 is 2.53 bits per heavy atom. The number of hydrogen-bond donors (Lipinski definition) is 1. The molecule has 1 aromatic rings. The van der Waals surface area contributed by atoms with E-state index in [1.54, 1.807) is 0 Å². The molecule has 0 heterocycles. The summed E-state index contributed by atoms with van der Waals surface area (Å²) < 4.78 is 0. The van der Waals surface area contributed by atoms with Crippen LogP contribution in [0.5, 0.6) is 0 Å². The Morgan fingerprint density at radius 2 is 1.82 bits per heavy atom. The second kappa shape index (κ2) is 6.20. The maximum absolute atomic E-state index is 3.64. The van der Waals surface area contributed by atoms with Gasteiger partial charge in [0.25, 0.3) is 0 Å². The highest BCUT2D eigenvalue weighted by molar-refractivity contribution is 5.14. The SMILES string of the molecule is CC1(CNCCCc2ccccc2)CCCC1. The zero-order valence-electron chi connectivity index (χ0n) is 11.0. The first kappa shape index (κ1) is 12.6. The lowest BCUT2D eigenvalue weighted by Crippen LogP contribution is -2.30. The highest BCUT2D eigenvalue weighted by Crippen LogP contribution is 2.36. The Labute approximate surface area is 106 Å². The van der Waals surface area contributed by atoms with Crippen LogP contribution in [0.25, 0.3) is 0 Å². The normalized spacial score (nSPS) is 18.4. The molecule has 94 valence electrons. The van der Waals surface area contributed by atoms with E-state index in [1.165, 1.54) is 50.6 Å². The quantitative estimate of drug-likeness (QED) is 0.735. The van der Waals surface area contributed by atoms with E-state index in [0.717, 1.165) is 6.54 Å². The molecule has 1 heteroatoms. The van der Waals surface area contributed by atoms with Crippen molar-refractivity contribution in [3.63, 3.8) is 0 Å². The molecule has 0 spiro atoms. The molecule has 0 amide bonds. The first-order valence-corrected chi connectivity index (χ1v) is 7.03. The molecule has 1 aliphatic carbocycles. The topological polar surface area (TPSA) is 12.0 Å². The minimum absolute atomic E-state index is 0.590. The average Bonchev–Trinajstić information content (AvgIpc) is 2.77. The third-order valence-electron chi connectivity index (χ3n) is 4.02. The summed E-state index contributed by atoms with van der Waals surface area (Å²) in [5.74, 6) is 0. The van der Waals surface area contributed by atoms with Crippen molar-refractivity contribution in [2.45, 2.75) is 45.4 Å². The van der Waals surface area contributed by atoms with Crippen molar-refractivity contribution >= 4 is 0 Å². The van der Waals surface area contributed by atoms with Crippen LogP contribution in [0, 0.1) is 5.41 Å². The van der Waals surface area contributed by atoms with Crippen LogP contribution in [-0.2, 0) is 6.42 Å². The first-order valence-electron chi connectivity index (χ1n) is 7.03. The van der Waals surface area contributed by atoms with Gasteiger partial charge in [-0.15, -0.1) is 0 Å². The molecule has 0 aromatic heterocycles. The highest BCUT2D eigenvalue weighted by atomic mass is 14.9. The summed E-state index contributed by atoms with van der Waals surface area (Å²) in [6, 6.07) is 10.8. The molecule has 0 unspecified atom stereocenters. The smallest absolute Gasteiger partial charge is 0.000516 e. The van der Waals surface area contributed by atoms with Crippen molar-refractivity contribution in [3.05, 3.63) is 35.9 Å². The third-order valence-corrected chi connectivity index (χ3v) is 4.02. The van der Waals surface area contributed by atoms with Gasteiger partial charge in [-0.3, -0.25) is 0 Å². The number of benzene rings is 1. The maximum atomic E-state index is 3.64. The summed E-state index contributed by atoms with van der Waals surface area (Å²) in [5, 5.41) is 3.64. The van der Waals surface area contributed by atoms with Gasteiger partial charge in [0, 0.05) is 6.54 Å². The molecule has 1 aliphatic rings. The zero-order chi connectivity index (χ0) is 12.0. The molecule has 1 aromatic carbocycles. The van der Waals surface area contributed by atoms with Crippen LogP contribution < -0.4 is 5.32 Å². The molecule has 2 rings (SSSR count). The highest BCUT2D eigenvalue weighted by Gasteiger charge is 2.27. The van der Waals surface area contributed by atoms with Crippen LogP contribution in [0.1, 0.15) is 44.6 Å².